The number of esters is 1. The molecule has 0 N–H and O–H groups in total. The fourth-order valence-corrected chi connectivity index (χ4v) is 6.06. The summed E-state index contributed by atoms with van der Waals surface area (Å²) in [7, 11) is 0. The molecule has 4 aromatic rings. The maximum absolute atomic E-state index is 13.5. The van der Waals surface area contributed by atoms with Crippen molar-refractivity contribution in [1.82, 2.24) is 14.5 Å². The zero-order valence-electron chi connectivity index (χ0n) is 18.1. The average Bonchev–Trinajstić information content (AvgIpc) is 3.56. The van der Waals surface area contributed by atoms with Crippen LogP contribution in [0, 0.1) is 0 Å². The number of thiophene rings is 1. The van der Waals surface area contributed by atoms with Gasteiger partial charge in [-0.05, 0) is 55.3 Å². The second kappa shape index (κ2) is 9.53. The number of hydrogen-bond acceptors (Lipinski definition) is 10. The molecular weight excluding hydrogens is 492 g/mol. The molecule has 0 unspecified atom stereocenters. The lowest BCUT2D eigenvalue weighted by Gasteiger charge is -2.23. The molecule has 5 rings (SSSR count). The molecule has 1 aliphatic rings. The van der Waals surface area contributed by atoms with E-state index < -0.39 is 12.0 Å². The summed E-state index contributed by atoms with van der Waals surface area (Å²) in [5, 5.41) is 3.10. The minimum Gasteiger partial charge on any atom is -0.463 e. The van der Waals surface area contributed by atoms with Gasteiger partial charge in [0, 0.05) is 23.3 Å². The summed E-state index contributed by atoms with van der Waals surface area (Å²) in [6, 6.07) is 8.56. The van der Waals surface area contributed by atoms with Crippen LogP contribution in [0.1, 0.15) is 30.5 Å². The van der Waals surface area contributed by atoms with Crippen LogP contribution >= 0.6 is 34.4 Å². The van der Waals surface area contributed by atoms with Gasteiger partial charge in [-0.3, -0.25) is 9.36 Å². The van der Waals surface area contributed by atoms with Gasteiger partial charge in [0.25, 0.3) is 5.56 Å². The van der Waals surface area contributed by atoms with Gasteiger partial charge in [-0.15, -0.1) is 11.3 Å². The predicted molar refractivity (Wildman–Crippen MR) is 130 cm³/mol. The summed E-state index contributed by atoms with van der Waals surface area (Å²) in [5.41, 5.74) is 0.681. The Morgan fingerprint density at radius 3 is 2.82 bits per heavy atom. The number of thiazole rings is 1. The largest absolute Gasteiger partial charge is 0.463 e. The number of carbonyl (C=O) groups excluding carboxylic acids is 1. The van der Waals surface area contributed by atoms with Crippen LogP contribution < -0.4 is 14.9 Å². The van der Waals surface area contributed by atoms with E-state index in [0.717, 1.165) is 4.88 Å². The number of rotatable bonds is 6. The zero-order chi connectivity index (χ0) is 23.7. The third-order valence-electron chi connectivity index (χ3n) is 4.94. The van der Waals surface area contributed by atoms with Crippen LogP contribution in [0.5, 0.6) is 0 Å². The molecule has 1 aliphatic heterocycles. The highest BCUT2D eigenvalue weighted by Gasteiger charge is 2.33. The van der Waals surface area contributed by atoms with E-state index >= 15 is 0 Å². The lowest BCUT2D eigenvalue weighted by atomic mass is 10.0. The van der Waals surface area contributed by atoms with Crippen LogP contribution in [-0.2, 0) is 9.53 Å². The smallest absolute Gasteiger partial charge is 0.338 e. The Bertz CT molecular complexity index is 1550. The molecular formula is C23H18N4O4S3. The van der Waals surface area contributed by atoms with Gasteiger partial charge in [0.05, 0.1) is 22.4 Å². The number of nitrogens with zero attached hydrogens (tertiary/aromatic N) is 4. The number of ether oxygens (including phenoxy) is 1. The van der Waals surface area contributed by atoms with E-state index in [1.54, 1.807) is 55.1 Å². The maximum atomic E-state index is 13.5. The van der Waals surface area contributed by atoms with Crippen molar-refractivity contribution in [2.24, 2.45) is 4.99 Å². The summed E-state index contributed by atoms with van der Waals surface area (Å²) in [6.45, 7) is 3.76. The number of hydrogen-bond donors (Lipinski definition) is 0. The highest BCUT2D eigenvalue weighted by Crippen LogP contribution is 2.33. The van der Waals surface area contributed by atoms with E-state index in [0.29, 0.717) is 36.6 Å². The number of allylic oxidation sites excluding steroid dienone is 1. The quantitative estimate of drug-likeness (QED) is 0.290. The van der Waals surface area contributed by atoms with Gasteiger partial charge in [0.2, 0.25) is 0 Å². The van der Waals surface area contributed by atoms with E-state index in [-0.39, 0.29) is 12.2 Å². The van der Waals surface area contributed by atoms with Crippen molar-refractivity contribution in [3.05, 3.63) is 89.7 Å². The lowest BCUT2D eigenvalue weighted by molar-refractivity contribution is -0.139. The summed E-state index contributed by atoms with van der Waals surface area (Å²) < 4.78 is 13.2. The average molecular weight is 511 g/mol. The first kappa shape index (κ1) is 22.5. The fourth-order valence-electron chi connectivity index (χ4n) is 3.53. The first-order chi connectivity index (χ1) is 16.5. The molecule has 4 aromatic heterocycles. The van der Waals surface area contributed by atoms with Crippen molar-refractivity contribution in [1.29, 1.82) is 0 Å². The SMILES string of the molecule is CCOC(=O)C1=C(C)N=c2s/c(=C/c3ccc(Sc4ncccn4)o3)c(=O)n2[C@H]1c1cccs1. The molecule has 0 aliphatic carbocycles. The Balaban J connectivity index is 1.57. The van der Waals surface area contributed by atoms with E-state index in [1.165, 1.54) is 34.4 Å². The molecule has 172 valence electrons. The van der Waals surface area contributed by atoms with Crippen LogP contribution in [0.3, 0.4) is 0 Å². The Morgan fingerprint density at radius 1 is 1.26 bits per heavy atom. The normalized spacial score (nSPS) is 15.8. The highest BCUT2D eigenvalue weighted by atomic mass is 32.2. The van der Waals surface area contributed by atoms with Crippen LogP contribution in [0.25, 0.3) is 6.08 Å². The Morgan fingerprint density at radius 2 is 2.09 bits per heavy atom. The van der Waals surface area contributed by atoms with Crippen LogP contribution in [0.4, 0.5) is 0 Å². The molecule has 0 fully saturated rings. The number of fused-ring (bicyclic) bond motifs is 1. The highest BCUT2D eigenvalue weighted by molar-refractivity contribution is 7.99. The van der Waals surface area contributed by atoms with Gasteiger partial charge in [-0.1, -0.05) is 17.4 Å². The van der Waals surface area contributed by atoms with E-state index in [4.69, 9.17) is 9.15 Å². The third-order valence-corrected chi connectivity index (χ3v) is 7.66. The van der Waals surface area contributed by atoms with E-state index in [9.17, 15) is 9.59 Å². The summed E-state index contributed by atoms with van der Waals surface area (Å²) >= 11 is 4.03. The summed E-state index contributed by atoms with van der Waals surface area (Å²) in [5.74, 6) is 0.0601. The molecule has 1 atom stereocenters. The fraction of sp³-hybridized carbons (Fsp3) is 0.174. The summed E-state index contributed by atoms with van der Waals surface area (Å²) in [6.07, 6.45) is 5.02. The molecule has 8 nitrogen and oxygen atoms in total. The van der Waals surface area contributed by atoms with Crippen molar-refractivity contribution in [2.45, 2.75) is 30.1 Å². The van der Waals surface area contributed by atoms with Crippen molar-refractivity contribution in [3.8, 4) is 0 Å². The number of furan rings is 1. The number of aromatic nitrogens is 3. The maximum Gasteiger partial charge on any atom is 0.338 e. The van der Waals surface area contributed by atoms with Crippen molar-refractivity contribution < 1.29 is 13.9 Å². The second-order valence-electron chi connectivity index (χ2n) is 7.11. The monoisotopic (exact) mass is 510 g/mol. The van der Waals surface area contributed by atoms with Crippen molar-refractivity contribution >= 4 is 46.5 Å². The minimum atomic E-state index is -0.588. The van der Waals surface area contributed by atoms with Gasteiger partial charge in [-0.25, -0.2) is 19.8 Å². The standard InChI is InChI=1S/C23H18N4O4S3/c1-3-30-21(29)18-13(2)26-23-27(19(18)15-6-4-11-32-15)20(28)16(33-23)12-14-7-8-17(31-14)34-22-24-9-5-10-25-22/h4-12,19H,3H2,1-2H3/b16-12+/t19-/m0/s1. The molecule has 34 heavy (non-hydrogen) atoms. The van der Waals surface area contributed by atoms with Crippen LogP contribution in [0.15, 0.2) is 83.8 Å². The van der Waals surface area contributed by atoms with Gasteiger partial charge >= 0.3 is 5.97 Å². The molecule has 11 heteroatoms. The van der Waals surface area contributed by atoms with E-state index in [1.807, 2.05) is 17.5 Å². The first-order valence-electron chi connectivity index (χ1n) is 10.3. The molecule has 0 saturated carbocycles. The molecule has 0 saturated heterocycles. The zero-order valence-corrected chi connectivity index (χ0v) is 20.6. The second-order valence-corrected chi connectivity index (χ2v) is 10.1. The predicted octanol–water partition coefficient (Wildman–Crippen LogP) is 3.39. The Hall–Kier alpha value is -3.28. The van der Waals surface area contributed by atoms with Crippen molar-refractivity contribution in [3.63, 3.8) is 0 Å². The van der Waals surface area contributed by atoms with Crippen molar-refractivity contribution in [2.75, 3.05) is 6.61 Å². The third kappa shape index (κ3) is 4.29. The van der Waals surface area contributed by atoms with Crippen LogP contribution in [0.2, 0.25) is 0 Å². The summed E-state index contributed by atoms with van der Waals surface area (Å²) in [4.78, 5) is 40.6. The van der Waals surface area contributed by atoms with Gasteiger partial charge in [-0.2, -0.15) is 0 Å². The Kier molecular flexibility index (Phi) is 6.31. The minimum absolute atomic E-state index is 0.240. The first-order valence-corrected chi connectivity index (χ1v) is 12.8. The van der Waals surface area contributed by atoms with E-state index in [2.05, 4.69) is 15.0 Å². The molecule has 0 bridgehead atoms. The molecule has 0 radical (unpaired) electrons. The molecule has 5 heterocycles. The van der Waals surface area contributed by atoms with Crippen LogP contribution in [-0.4, -0.2) is 27.1 Å². The van der Waals surface area contributed by atoms with Gasteiger partial charge < -0.3 is 9.15 Å². The molecule has 0 amide bonds. The topological polar surface area (TPSA) is 99.6 Å². The van der Waals surface area contributed by atoms with Gasteiger partial charge in [0.15, 0.2) is 15.1 Å². The lowest BCUT2D eigenvalue weighted by Crippen LogP contribution is -2.39. The molecule has 0 aromatic carbocycles. The Labute approximate surface area is 206 Å². The number of carbonyl (C=O) groups is 1. The van der Waals surface area contributed by atoms with Gasteiger partial charge in [0.1, 0.15) is 11.8 Å². The molecule has 0 spiro atoms.